The standard InChI is InChI=1S/C15H17NO/c1-3-5-6-11-16-12-10-13-14(16)8-7-9-15(13)17-4-2/h7-10,12H,4,6,11H2,1-2H3. The molecule has 0 fully saturated rings. The van der Waals surface area contributed by atoms with E-state index in [9.17, 15) is 0 Å². The molecule has 0 aliphatic rings. The number of rotatable bonds is 4. The molecule has 88 valence electrons. The normalized spacial score (nSPS) is 10.0. The topological polar surface area (TPSA) is 14.2 Å². The summed E-state index contributed by atoms with van der Waals surface area (Å²) < 4.78 is 7.84. The Morgan fingerprint density at radius 2 is 2.18 bits per heavy atom. The molecule has 0 radical (unpaired) electrons. The first kappa shape index (κ1) is 11.6. The molecule has 17 heavy (non-hydrogen) atoms. The van der Waals surface area contributed by atoms with Crippen LogP contribution in [0.4, 0.5) is 0 Å². The molecule has 0 spiro atoms. The molecule has 2 rings (SSSR count). The van der Waals surface area contributed by atoms with E-state index in [1.54, 1.807) is 0 Å². The minimum atomic E-state index is 0.700. The monoisotopic (exact) mass is 227 g/mol. The van der Waals surface area contributed by atoms with Crippen molar-refractivity contribution in [2.24, 2.45) is 0 Å². The van der Waals surface area contributed by atoms with Crippen LogP contribution >= 0.6 is 0 Å². The summed E-state index contributed by atoms with van der Waals surface area (Å²) in [5.41, 5.74) is 1.22. The first-order chi connectivity index (χ1) is 8.36. The molecule has 0 atom stereocenters. The zero-order valence-electron chi connectivity index (χ0n) is 10.4. The van der Waals surface area contributed by atoms with Crippen LogP contribution in [-0.4, -0.2) is 11.2 Å². The van der Waals surface area contributed by atoms with Gasteiger partial charge in [0.1, 0.15) is 5.75 Å². The smallest absolute Gasteiger partial charge is 0.128 e. The Labute approximate surface area is 102 Å². The van der Waals surface area contributed by atoms with Crippen molar-refractivity contribution in [2.75, 3.05) is 6.61 Å². The lowest BCUT2D eigenvalue weighted by atomic mass is 10.2. The number of aromatic nitrogens is 1. The van der Waals surface area contributed by atoms with Gasteiger partial charge >= 0.3 is 0 Å². The maximum absolute atomic E-state index is 5.62. The molecule has 1 heterocycles. The van der Waals surface area contributed by atoms with Gasteiger partial charge in [-0.3, -0.25) is 0 Å². The van der Waals surface area contributed by atoms with Crippen LogP contribution in [0.2, 0.25) is 0 Å². The molecule has 0 aliphatic carbocycles. The first-order valence-corrected chi connectivity index (χ1v) is 5.97. The number of benzene rings is 1. The van der Waals surface area contributed by atoms with Gasteiger partial charge in [-0.1, -0.05) is 6.07 Å². The minimum Gasteiger partial charge on any atom is -0.493 e. The third-order valence-electron chi connectivity index (χ3n) is 2.73. The van der Waals surface area contributed by atoms with Crippen LogP contribution in [0.5, 0.6) is 5.75 Å². The SMILES string of the molecule is CC#CCCn1ccc2c(OCC)cccc21. The third-order valence-corrected chi connectivity index (χ3v) is 2.73. The van der Waals surface area contributed by atoms with E-state index in [0.717, 1.165) is 18.7 Å². The van der Waals surface area contributed by atoms with Gasteiger partial charge in [-0.05, 0) is 32.0 Å². The predicted molar refractivity (Wildman–Crippen MR) is 71.2 cm³/mol. The Hall–Kier alpha value is -1.88. The molecule has 0 unspecified atom stereocenters. The second-order valence-corrected chi connectivity index (χ2v) is 3.81. The van der Waals surface area contributed by atoms with Crippen LogP contribution in [-0.2, 0) is 6.54 Å². The highest BCUT2D eigenvalue weighted by molar-refractivity contribution is 5.86. The summed E-state index contributed by atoms with van der Waals surface area (Å²) in [5, 5.41) is 1.18. The van der Waals surface area contributed by atoms with E-state index >= 15 is 0 Å². The number of aryl methyl sites for hydroxylation is 1. The second kappa shape index (κ2) is 5.45. The van der Waals surface area contributed by atoms with Crippen LogP contribution < -0.4 is 4.74 Å². The van der Waals surface area contributed by atoms with Gasteiger partial charge in [0.15, 0.2) is 0 Å². The molecule has 0 bridgehead atoms. The molecule has 0 amide bonds. The number of ether oxygens (including phenoxy) is 1. The lowest BCUT2D eigenvalue weighted by Gasteiger charge is -2.06. The Balaban J connectivity index is 2.32. The van der Waals surface area contributed by atoms with E-state index in [-0.39, 0.29) is 0 Å². The lowest BCUT2D eigenvalue weighted by molar-refractivity contribution is 0.344. The fourth-order valence-corrected chi connectivity index (χ4v) is 1.97. The van der Waals surface area contributed by atoms with Gasteiger partial charge in [0.05, 0.1) is 12.1 Å². The fraction of sp³-hybridized carbons (Fsp3) is 0.333. The van der Waals surface area contributed by atoms with E-state index in [0.29, 0.717) is 6.61 Å². The highest BCUT2D eigenvalue weighted by atomic mass is 16.5. The van der Waals surface area contributed by atoms with Crippen molar-refractivity contribution >= 4 is 10.9 Å². The van der Waals surface area contributed by atoms with Crippen molar-refractivity contribution in [2.45, 2.75) is 26.8 Å². The number of hydrogen-bond donors (Lipinski definition) is 0. The number of nitrogens with zero attached hydrogens (tertiary/aromatic N) is 1. The van der Waals surface area contributed by atoms with Gasteiger partial charge in [0, 0.05) is 24.5 Å². The molecule has 2 aromatic rings. The quantitative estimate of drug-likeness (QED) is 0.730. The summed E-state index contributed by atoms with van der Waals surface area (Å²) in [6.45, 7) is 5.51. The maximum Gasteiger partial charge on any atom is 0.128 e. The zero-order valence-corrected chi connectivity index (χ0v) is 10.4. The summed E-state index contributed by atoms with van der Waals surface area (Å²) in [4.78, 5) is 0. The van der Waals surface area contributed by atoms with Crippen LogP contribution in [0.1, 0.15) is 20.3 Å². The number of fused-ring (bicyclic) bond motifs is 1. The summed E-state index contributed by atoms with van der Waals surface area (Å²) >= 11 is 0. The Bertz CT molecular complexity index is 557. The lowest BCUT2D eigenvalue weighted by Crippen LogP contribution is -1.95. The summed E-state index contributed by atoms with van der Waals surface area (Å²) in [7, 11) is 0. The van der Waals surface area contributed by atoms with Crippen molar-refractivity contribution in [1.82, 2.24) is 4.57 Å². The second-order valence-electron chi connectivity index (χ2n) is 3.81. The van der Waals surface area contributed by atoms with Crippen molar-refractivity contribution in [1.29, 1.82) is 0 Å². The first-order valence-electron chi connectivity index (χ1n) is 5.97. The highest BCUT2D eigenvalue weighted by Gasteiger charge is 2.05. The van der Waals surface area contributed by atoms with Crippen molar-refractivity contribution in [3.63, 3.8) is 0 Å². The van der Waals surface area contributed by atoms with Gasteiger partial charge < -0.3 is 9.30 Å². The van der Waals surface area contributed by atoms with Crippen LogP contribution in [0.3, 0.4) is 0 Å². The molecule has 0 N–H and O–H groups in total. The summed E-state index contributed by atoms with van der Waals surface area (Å²) in [6, 6.07) is 8.29. The largest absolute Gasteiger partial charge is 0.493 e. The Kier molecular flexibility index (Phi) is 3.72. The highest BCUT2D eigenvalue weighted by Crippen LogP contribution is 2.26. The van der Waals surface area contributed by atoms with Gasteiger partial charge in [0.2, 0.25) is 0 Å². The van der Waals surface area contributed by atoms with Crippen molar-refractivity contribution in [3.8, 4) is 17.6 Å². The van der Waals surface area contributed by atoms with Gasteiger partial charge in [-0.15, -0.1) is 11.8 Å². The molecule has 1 aromatic heterocycles. The third kappa shape index (κ3) is 2.45. The number of hydrogen-bond acceptors (Lipinski definition) is 1. The maximum atomic E-state index is 5.62. The molecule has 2 nitrogen and oxygen atoms in total. The van der Waals surface area contributed by atoms with E-state index in [4.69, 9.17) is 4.74 Å². The van der Waals surface area contributed by atoms with Crippen LogP contribution in [0, 0.1) is 11.8 Å². The molecule has 0 aliphatic heterocycles. The zero-order chi connectivity index (χ0) is 12.1. The van der Waals surface area contributed by atoms with Gasteiger partial charge in [-0.2, -0.15) is 0 Å². The summed E-state index contributed by atoms with van der Waals surface area (Å²) in [6.07, 6.45) is 2.99. The molecule has 0 saturated heterocycles. The predicted octanol–water partition coefficient (Wildman–Crippen LogP) is 3.45. The van der Waals surface area contributed by atoms with Crippen LogP contribution in [0.25, 0.3) is 10.9 Å². The Morgan fingerprint density at radius 1 is 1.29 bits per heavy atom. The summed E-state index contributed by atoms with van der Waals surface area (Å²) in [5.74, 6) is 6.97. The molecule has 2 heteroatoms. The van der Waals surface area contributed by atoms with E-state index in [1.807, 2.05) is 26.0 Å². The van der Waals surface area contributed by atoms with Gasteiger partial charge in [-0.25, -0.2) is 0 Å². The Morgan fingerprint density at radius 3 is 2.94 bits per heavy atom. The van der Waals surface area contributed by atoms with E-state index < -0.39 is 0 Å². The average Bonchev–Trinajstić information content (AvgIpc) is 2.75. The van der Waals surface area contributed by atoms with E-state index in [1.165, 1.54) is 10.9 Å². The molecular weight excluding hydrogens is 210 g/mol. The van der Waals surface area contributed by atoms with E-state index in [2.05, 4.69) is 34.7 Å². The molecular formula is C15H17NO. The average molecular weight is 227 g/mol. The molecule has 1 aromatic carbocycles. The molecule has 0 saturated carbocycles. The fourth-order valence-electron chi connectivity index (χ4n) is 1.97. The van der Waals surface area contributed by atoms with Crippen molar-refractivity contribution in [3.05, 3.63) is 30.5 Å². The van der Waals surface area contributed by atoms with Crippen LogP contribution in [0.15, 0.2) is 30.5 Å². The van der Waals surface area contributed by atoms with Crippen molar-refractivity contribution < 1.29 is 4.74 Å². The minimum absolute atomic E-state index is 0.700. The van der Waals surface area contributed by atoms with Gasteiger partial charge in [0.25, 0.3) is 0 Å².